The van der Waals surface area contributed by atoms with Gasteiger partial charge in [0.1, 0.15) is 5.69 Å². The van der Waals surface area contributed by atoms with Crippen molar-refractivity contribution in [3.05, 3.63) is 57.6 Å². The number of benzene rings is 2. The molecule has 136 valence electrons. The van der Waals surface area contributed by atoms with E-state index >= 15 is 0 Å². The maximum atomic E-state index is 11.6. The van der Waals surface area contributed by atoms with Crippen LogP contribution in [0.1, 0.15) is 17.8 Å². The highest BCUT2D eigenvalue weighted by molar-refractivity contribution is 7.90. The van der Waals surface area contributed by atoms with E-state index in [1.54, 1.807) is 11.3 Å². The number of sulfone groups is 1. The maximum absolute atomic E-state index is 11.6. The van der Waals surface area contributed by atoms with Crippen LogP contribution in [0.15, 0.2) is 47.4 Å². The molecular weight excluding hydrogens is 374 g/mol. The maximum Gasteiger partial charge on any atom is 0.293 e. The lowest BCUT2D eigenvalue weighted by Crippen LogP contribution is -2.11. The van der Waals surface area contributed by atoms with E-state index in [1.165, 1.54) is 12.1 Å². The van der Waals surface area contributed by atoms with Gasteiger partial charge in [-0.2, -0.15) is 0 Å². The molecule has 0 aliphatic heterocycles. The van der Waals surface area contributed by atoms with Gasteiger partial charge in [0.05, 0.1) is 25.0 Å². The van der Waals surface area contributed by atoms with Crippen LogP contribution in [0.3, 0.4) is 0 Å². The third-order valence-corrected chi connectivity index (χ3v) is 6.30. The Morgan fingerprint density at radius 1 is 1.27 bits per heavy atom. The van der Waals surface area contributed by atoms with E-state index in [9.17, 15) is 18.5 Å². The van der Waals surface area contributed by atoms with Gasteiger partial charge in [-0.1, -0.05) is 19.1 Å². The molecule has 3 aromatic rings. The lowest BCUT2D eigenvalue weighted by atomic mass is 10.2. The van der Waals surface area contributed by atoms with Crippen LogP contribution >= 0.6 is 11.3 Å². The van der Waals surface area contributed by atoms with Gasteiger partial charge in [0.25, 0.3) is 5.69 Å². The Labute approximate surface area is 154 Å². The molecule has 0 saturated heterocycles. The summed E-state index contributed by atoms with van der Waals surface area (Å²) in [6.07, 6.45) is 1.02. The zero-order valence-electron chi connectivity index (χ0n) is 14.2. The molecule has 7 nitrogen and oxygen atoms in total. The molecular formula is C17H17N3O4S2. The van der Waals surface area contributed by atoms with Gasteiger partial charge in [-0.25, -0.2) is 13.4 Å². The van der Waals surface area contributed by atoms with Gasteiger partial charge in [-0.05, 0) is 24.3 Å². The third kappa shape index (κ3) is 3.83. The van der Waals surface area contributed by atoms with Crippen LogP contribution in [-0.2, 0) is 9.84 Å². The highest BCUT2D eigenvalue weighted by atomic mass is 32.2. The summed E-state index contributed by atoms with van der Waals surface area (Å²) in [5.74, 6) is 0.0431. The molecule has 1 N–H and O–H groups in total. The number of fused-ring (bicyclic) bond motifs is 1. The van der Waals surface area contributed by atoms with Crippen molar-refractivity contribution in [2.45, 2.75) is 17.7 Å². The minimum absolute atomic E-state index is 0.0431. The largest absolute Gasteiger partial charge is 0.379 e. The summed E-state index contributed by atoms with van der Waals surface area (Å²) in [4.78, 5) is 15.2. The topological polar surface area (TPSA) is 102 Å². The lowest BCUT2D eigenvalue weighted by Gasteiger charge is -2.12. The van der Waals surface area contributed by atoms with Gasteiger partial charge in [0, 0.05) is 24.8 Å². The SMILES string of the molecule is CC(CNc1ccc(S(C)(=O)=O)cc1[N+](=O)[O-])c1nc2ccccc2s1. The first-order chi connectivity index (χ1) is 12.3. The minimum atomic E-state index is -3.51. The first-order valence-electron chi connectivity index (χ1n) is 7.83. The van der Waals surface area contributed by atoms with Gasteiger partial charge < -0.3 is 5.32 Å². The molecule has 1 heterocycles. The zero-order valence-corrected chi connectivity index (χ0v) is 15.8. The van der Waals surface area contributed by atoms with Crippen molar-refractivity contribution in [1.29, 1.82) is 0 Å². The molecule has 0 bridgehead atoms. The number of nitro groups is 1. The number of thiazole rings is 1. The summed E-state index contributed by atoms with van der Waals surface area (Å²) in [5.41, 5.74) is 0.961. The van der Waals surface area contributed by atoms with Crippen molar-refractivity contribution >= 4 is 42.8 Å². The summed E-state index contributed by atoms with van der Waals surface area (Å²) in [7, 11) is -3.51. The number of hydrogen-bond acceptors (Lipinski definition) is 7. The molecule has 3 rings (SSSR count). The number of nitrogens with one attached hydrogen (secondary N) is 1. The quantitative estimate of drug-likeness (QED) is 0.506. The van der Waals surface area contributed by atoms with E-state index in [0.29, 0.717) is 6.54 Å². The molecule has 26 heavy (non-hydrogen) atoms. The number of aromatic nitrogens is 1. The van der Waals surface area contributed by atoms with Crippen LogP contribution in [0.25, 0.3) is 10.2 Å². The normalized spacial score (nSPS) is 12.8. The number of nitro benzene ring substituents is 1. The van der Waals surface area contributed by atoms with E-state index in [2.05, 4.69) is 10.3 Å². The molecule has 1 atom stereocenters. The number of nitrogens with zero attached hydrogens (tertiary/aromatic N) is 2. The summed E-state index contributed by atoms with van der Waals surface area (Å²) in [5, 5.41) is 15.3. The molecule has 0 radical (unpaired) electrons. The Balaban J connectivity index is 1.81. The van der Waals surface area contributed by atoms with Crippen LogP contribution in [-0.4, -0.2) is 31.1 Å². The number of para-hydroxylation sites is 1. The van der Waals surface area contributed by atoms with Crippen LogP contribution in [0.5, 0.6) is 0 Å². The van der Waals surface area contributed by atoms with Crippen LogP contribution < -0.4 is 5.32 Å². The first-order valence-corrected chi connectivity index (χ1v) is 10.5. The fourth-order valence-corrected chi connectivity index (χ4v) is 4.15. The second-order valence-corrected chi connectivity index (χ2v) is 9.09. The van der Waals surface area contributed by atoms with Crippen molar-refractivity contribution in [3.63, 3.8) is 0 Å². The van der Waals surface area contributed by atoms with Crippen molar-refractivity contribution in [1.82, 2.24) is 4.98 Å². The van der Waals surface area contributed by atoms with Crippen molar-refractivity contribution < 1.29 is 13.3 Å². The molecule has 0 saturated carbocycles. The summed E-state index contributed by atoms with van der Waals surface area (Å²) in [6, 6.07) is 11.7. The minimum Gasteiger partial charge on any atom is -0.379 e. The van der Waals surface area contributed by atoms with E-state index in [-0.39, 0.29) is 22.2 Å². The Kier molecular flexibility index (Phi) is 4.92. The van der Waals surface area contributed by atoms with Gasteiger partial charge in [0.2, 0.25) is 0 Å². The van der Waals surface area contributed by atoms with Gasteiger partial charge >= 0.3 is 0 Å². The van der Waals surface area contributed by atoms with Crippen LogP contribution in [0, 0.1) is 10.1 Å². The molecule has 2 aromatic carbocycles. The van der Waals surface area contributed by atoms with Crippen molar-refractivity contribution in [2.75, 3.05) is 18.1 Å². The zero-order chi connectivity index (χ0) is 18.9. The Hall–Kier alpha value is -2.52. The van der Waals surface area contributed by atoms with Crippen molar-refractivity contribution in [2.24, 2.45) is 0 Å². The lowest BCUT2D eigenvalue weighted by molar-refractivity contribution is -0.384. The average molecular weight is 391 g/mol. The standard InChI is InChI=1S/C17H17N3O4S2/c1-11(17-19-14-5-3-4-6-16(14)25-17)10-18-13-8-7-12(26(2,23)24)9-15(13)20(21)22/h3-9,11,18H,10H2,1-2H3. The van der Waals surface area contributed by atoms with E-state index in [1.807, 2.05) is 31.2 Å². The smallest absolute Gasteiger partial charge is 0.293 e. The number of anilines is 1. The Morgan fingerprint density at radius 2 is 2.00 bits per heavy atom. The van der Waals surface area contributed by atoms with E-state index < -0.39 is 14.8 Å². The summed E-state index contributed by atoms with van der Waals surface area (Å²) >= 11 is 1.59. The molecule has 0 fully saturated rings. The van der Waals surface area contributed by atoms with E-state index in [4.69, 9.17) is 0 Å². The predicted molar refractivity (Wildman–Crippen MR) is 103 cm³/mol. The van der Waals surface area contributed by atoms with E-state index in [0.717, 1.165) is 27.5 Å². The monoisotopic (exact) mass is 391 g/mol. The van der Waals surface area contributed by atoms with Gasteiger partial charge in [0.15, 0.2) is 9.84 Å². The Morgan fingerprint density at radius 3 is 2.65 bits per heavy atom. The second-order valence-electron chi connectivity index (χ2n) is 6.01. The third-order valence-electron chi connectivity index (χ3n) is 3.92. The predicted octanol–water partition coefficient (Wildman–Crippen LogP) is 3.82. The van der Waals surface area contributed by atoms with Crippen LogP contribution in [0.2, 0.25) is 0 Å². The summed E-state index contributed by atoms with van der Waals surface area (Å²) in [6.45, 7) is 2.43. The molecule has 1 unspecified atom stereocenters. The van der Waals surface area contributed by atoms with Gasteiger partial charge in [-0.3, -0.25) is 10.1 Å². The van der Waals surface area contributed by atoms with Gasteiger partial charge in [-0.15, -0.1) is 11.3 Å². The highest BCUT2D eigenvalue weighted by Crippen LogP contribution is 2.30. The molecule has 0 amide bonds. The first kappa shape index (κ1) is 18.3. The molecule has 0 aliphatic rings. The highest BCUT2D eigenvalue weighted by Gasteiger charge is 2.20. The number of rotatable bonds is 6. The average Bonchev–Trinajstić information content (AvgIpc) is 3.02. The number of hydrogen-bond donors (Lipinski definition) is 1. The summed E-state index contributed by atoms with van der Waals surface area (Å²) < 4.78 is 24.3. The fourth-order valence-electron chi connectivity index (χ4n) is 2.49. The van der Waals surface area contributed by atoms with Crippen LogP contribution in [0.4, 0.5) is 11.4 Å². The second kappa shape index (κ2) is 7.00. The van der Waals surface area contributed by atoms with Crippen molar-refractivity contribution in [3.8, 4) is 0 Å². The Bertz CT molecular complexity index is 1040. The molecule has 0 aliphatic carbocycles. The molecule has 0 spiro atoms. The molecule has 1 aromatic heterocycles. The fraction of sp³-hybridized carbons (Fsp3) is 0.235. The molecule has 9 heteroatoms.